The lowest BCUT2D eigenvalue weighted by Crippen LogP contribution is -2.49. The van der Waals surface area contributed by atoms with Crippen molar-refractivity contribution in [2.75, 3.05) is 13.2 Å². The zero-order valence-electron chi connectivity index (χ0n) is 10.7. The number of aliphatic hydroxyl groups is 4. The second kappa shape index (κ2) is 8.65. The van der Waals surface area contributed by atoms with E-state index in [4.69, 9.17) is 9.79 Å². The summed E-state index contributed by atoms with van der Waals surface area (Å²) in [6, 6.07) is 0. The highest BCUT2D eigenvalue weighted by atomic mass is 31.2. The summed E-state index contributed by atoms with van der Waals surface area (Å²) in [5.41, 5.74) is 0. The zero-order valence-corrected chi connectivity index (χ0v) is 11.6. The van der Waals surface area contributed by atoms with E-state index in [1.165, 1.54) is 0 Å². The molecule has 10 nitrogen and oxygen atoms in total. The van der Waals surface area contributed by atoms with Gasteiger partial charge in [-0.1, -0.05) is 6.92 Å². The van der Waals surface area contributed by atoms with Crippen LogP contribution in [0.2, 0.25) is 0 Å². The van der Waals surface area contributed by atoms with E-state index >= 15 is 0 Å². The number of aliphatic hydroxyl groups excluding tert-OH is 4. The van der Waals surface area contributed by atoms with Gasteiger partial charge in [-0.3, -0.25) is 4.52 Å². The third-order valence-electron chi connectivity index (χ3n) is 2.17. The number of hydrogen-bond donors (Lipinski definition) is 6. The summed E-state index contributed by atoms with van der Waals surface area (Å²) < 4.78 is 18.8. The van der Waals surface area contributed by atoms with E-state index in [1.54, 1.807) is 6.92 Å². The fourth-order valence-corrected chi connectivity index (χ4v) is 1.46. The summed E-state index contributed by atoms with van der Waals surface area (Å²) >= 11 is 0. The Morgan fingerprint density at radius 1 is 1.15 bits per heavy atom. The minimum absolute atomic E-state index is 0.00256. The fraction of sp³-hybridized carbons (Fsp3) is 0.889. The Morgan fingerprint density at radius 2 is 1.70 bits per heavy atom. The highest BCUT2D eigenvalue weighted by molar-refractivity contribution is 7.46. The van der Waals surface area contributed by atoms with Crippen molar-refractivity contribution in [3.63, 3.8) is 0 Å². The van der Waals surface area contributed by atoms with Gasteiger partial charge in [0, 0.05) is 0 Å². The maximum atomic E-state index is 11.2. The number of carbonyl (C=O) groups is 1. The summed E-state index contributed by atoms with van der Waals surface area (Å²) in [7, 11) is -4.85. The van der Waals surface area contributed by atoms with Gasteiger partial charge >= 0.3 is 13.8 Å². The van der Waals surface area contributed by atoms with Crippen molar-refractivity contribution in [1.82, 2.24) is 0 Å². The van der Waals surface area contributed by atoms with E-state index in [9.17, 15) is 29.8 Å². The molecule has 0 heterocycles. The molecule has 120 valence electrons. The first kappa shape index (κ1) is 19.4. The molecule has 0 saturated carbocycles. The molecule has 0 unspecified atom stereocenters. The Morgan fingerprint density at radius 3 is 2.15 bits per heavy atom. The third kappa shape index (κ3) is 7.27. The van der Waals surface area contributed by atoms with Crippen LogP contribution in [0.1, 0.15) is 13.3 Å². The van der Waals surface area contributed by atoms with Crippen LogP contribution in [0.15, 0.2) is 0 Å². The van der Waals surface area contributed by atoms with E-state index in [-0.39, 0.29) is 6.61 Å². The molecular formula is C9H19O10P. The first-order valence-corrected chi connectivity index (χ1v) is 7.22. The summed E-state index contributed by atoms with van der Waals surface area (Å²) in [4.78, 5) is 28.0. The quantitative estimate of drug-likeness (QED) is 0.197. The fourth-order valence-electron chi connectivity index (χ4n) is 1.11. The first-order chi connectivity index (χ1) is 9.10. The molecule has 4 atom stereocenters. The van der Waals surface area contributed by atoms with Gasteiger partial charge in [0.1, 0.15) is 18.3 Å². The molecule has 11 heteroatoms. The summed E-state index contributed by atoms with van der Waals surface area (Å²) in [6.45, 7) is 0.704. The van der Waals surface area contributed by atoms with Gasteiger partial charge in [0.05, 0.1) is 13.2 Å². The van der Waals surface area contributed by atoms with E-state index in [2.05, 4.69) is 9.26 Å². The van der Waals surface area contributed by atoms with Crippen molar-refractivity contribution in [2.45, 2.75) is 37.8 Å². The van der Waals surface area contributed by atoms with Crippen LogP contribution >= 0.6 is 7.82 Å². The van der Waals surface area contributed by atoms with E-state index in [0.717, 1.165) is 0 Å². The molecule has 0 aromatic carbocycles. The predicted octanol–water partition coefficient (Wildman–Crippen LogP) is -2.51. The van der Waals surface area contributed by atoms with Crippen molar-refractivity contribution in [3.05, 3.63) is 0 Å². The zero-order chi connectivity index (χ0) is 15.9. The predicted molar refractivity (Wildman–Crippen MR) is 63.3 cm³/mol. The van der Waals surface area contributed by atoms with E-state index in [1.807, 2.05) is 0 Å². The minimum atomic E-state index is -4.85. The maximum Gasteiger partial charge on any atom is 0.469 e. The molecule has 6 N–H and O–H groups in total. The number of ether oxygens (including phenoxy) is 1. The Bertz CT molecular complexity index is 342. The Balaban J connectivity index is 4.40. The molecule has 0 aliphatic rings. The number of phosphoric ester groups is 1. The van der Waals surface area contributed by atoms with Crippen molar-refractivity contribution in [2.24, 2.45) is 0 Å². The molecule has 0 aromatic heterocycles. The monoisotopic (exact) mass is 318 g/mol. The minimum Gasteiger partial charge on any atom is -0.464 e. The van der Waals surface area contributed by atoms with Crippen molar-refractivity contribution < 1.29 is 48.8 Å². The molecule has 0 amide bonds. The van der Waals surface area contributed by atoms with Crippen LogP contribution in [0.4, 0.5) is 0 Å². The Kier molecular flexibility index (Phi) is 8.40. The van der Waals surface area contributed by atoms with Gasteiger partial charge in [-0.15, -0.1) is 0 Å². The third-order valence-corrected chi connectivity index (χ3v) is 2.66. The summed E-state index contributed by atoms with van der Waals surface area (Å²) in [6.07, 6.45) is -7.72. The van der Waals surface area contributed by atoms with Gasteiger partial charge in [0.15, 0.2) is 6.10 Å². The molecule has 0 rings (SSSR count). The highest BCUT2D eigenvalue weighted by Gasteiger charge is 2.36. The molecule has 0 aliphatic heterocycles. The molecule has 0 aromatic rings. The summed E-state index contributed by atoms with van der Waals surface area (Å²) in [5, 5.41) is 37.6. The number of carbonyl (C=O) groups excluding carboxylic acids is 1. The van der Waals surface area contributed by atoms with Crippen LogP contribution in [0.25, 0.3) is 0 Å². The lowest BCUT2D eigenvalue weighted by Gasteiger charge is -2.25. The molecule has 0 radical (unpaired) electrons. The number of phosphoric acid groups is 1. The van der Waals surface area contributed by atoms with Gasteiger partial charge in [-0.25, -0.2) is 9.36 Å². The topological polar surface area (TPSA) is 174 Å². The first-order valence-electron chi connectivity index (χ1n) is 5.69. The Hall–Kier alpha value is -0.580. The smallest absolute Gasteiger partial charge is 0.464 e. The van der Waals surface area contributed by atoms with Gasteiger partial charge in [-0.2, -0.15) is 0 Å². The van der Waals surface area contributed by atoms with Gasteiger partial charge in [0.25, 0.3) is 0 Å². The average molecular weight is 318 g/mol. The van der Waals surface area contributed by atoms with Gasteiger partial charge in [-0.05, 0) is 6.42 Å². The van der Waals surface area contributed by atoms with Crippen LogP contribution in [0.3, 0.4) is 0 Å². The number of hydrogen-bond acceptors (Lipinski definition) is 8. The Labute approximate surface area is 114 Å². The van der Waals surface area contributed by atoms with Crippen LogP contribution in [0.5, 0.6) is 0 Å². The van der Waals surface area contributed by atoms with E-state index in [0.29, 0.717) is 6.42 Å². The average Bonchev–Trinajstić information content (AvgIpc) is 2.38. The van der Waals surface area contributed by atoms with Crippen LogP contribution in [-0.2, 0) is 18.6 Å². The SMILES string of the molecule is CCCOC(=O)[C@H](O)[C@@H](O)[C@H](O)[C@H](O)COP(=O)(O)O. The normalized spacial score (nSPS) is 18.1. The lowest BCUT2D eigenvalue weighted by atomic mass is 10.0. The second-order valence-corrected chi connectivity index (χ2v) is 5.19. The molecule has 0 spiro atoms. The lowest BCUT2D eigenvalue weighted by molar-refractivity contribution is -0.170. The van der Waals surface area contributed by atoms with Gasteiger partial charge in [0.2, 0.25) is 0 Å². The largest absolute Gasteiger partial charge is 0.469 e. The van der Waals surface area contributed by atoms with E-state index < -0.39 is 44.8 Å². The molecule has 0 saturated heterocycles. The maximum absolute atomic E-state index is 11.2. The second-order valence-electron chi connectivity index (χ2n) is 3.95. The number of esters is 1. The molecule has 0 fully saturated rings. The van der Waals surface area contributed by atoms with Crippen LogP contribution < -0.4 is 0 Å². The standard InChI is InChI=1S/C9H19O10P/c1-2-3-18-9(14)8(13)7(12)6(11)5(10)4-19-20(15,16)17/h5-8,10-13H,2-4H2,1H3,(H2,15,16,17)/t5-,6-,7+,8-/m1/s1. The van der Waals surface area contributed by atoms with Gasteiger partial charge < -0.3 is 34.9 Å². The summed E-state index contributed by atoms with van der Waals surface area (Å²) in [5.74, 6) is -1.19. The molecule has 0 aliphatic carbocycles. The van der Waals surface area contributed by atoms with Crippen molar-refractivity contribution >= 4 is 13.8 Å². The molecular weight excluding hydrogens is 299 g/mol. The van der Waals surface area contributed by atoms with Crippen LogP contribution in [0, 0.1) is 0 Å². The van der Waals surface area contributed by atoms with Crippen molar-refractivity contribution in [3.8, 4) is 0 Å². The van der Waals surface area contributed by atoms with Crippen LogP contribution in [-0.4, -0.2) is 73.8 Å². The highest BCUT2D eigenvalue weighted by Crippen LogP contribution is 2.35. The molecule has 0 bridgehead atoms. The number of rotatable bonds is 9. The molecule has 20 heavy (non-hydrogen) atoms. The van der Waals surface area contributed by atoms with Crippen molar-refractivity contribution in [1.29, 1.82) is 0 Å².